The molecular formula is C18H22N2O3. The second-order valence-electron chi connectivity index (χ2n) is 5.92. The van der Waals surface area contributed by atoms with E-state index in [4.69, 9.17) is 5.11 Å². The van der Waals surface area contributed by atoms with Crippen LogP contribution in [0.4, 0.5) is 0 Å². The number of carbonyl (C=O) groups excluding carboxylic acids is 1. The lowest BCUT2D eigenvalue weighted by Crippen LogP contribution is -2.33. The number of aromatic nitrogens is 1. The SMILES string of the molecule is Cc1cc(C(=O)O)cc(C(=O)NC(C)CCc2cccn2C)c1. The van der Waals surface area contributed by atoms with Gasteiger partial charge >= 0.3 is 5.97 Å². The molecule has 0 aliphatic rings. The Hall–Kier alpha value is -2.56. The van der Waals surface area contributed by atoms with Crippen LogP contribution in [0.15, 0.2) is 36.5 Å². The fraction of sp³-hybridized carbons (Fsp3) is 0.333. The summed E-state index contributed by atoms with van der Waals surface area (Å²) in [6.45, 7) is 3.73. The molecule has 0 bridgehead atoms. The van der Waals surface area contributed by atoms with Gasteiger partial charge in [-0.1, -0.05) is 0 Å². The molecule has 23 heavy (non-hydrogen) atoms. The molecule has 122 valence electrons. The van der Waals surface area contributed by atoms with Crippen LogP contribution in [0.2, 0.25) is 0 Å². The quantitative estimate of drug-likeness (QED) is 0.861. The lowest BCUT2D eigenvalue weighted by molar-refractivity contribution is 0.0696. The maximum atomic E-state index is 12.3. The summed E-state index contributed by atoms with van der Waals surface area (Å²) in [6, 6.07) is 8.73. The molecule has 1 aromatic carbocycles. The highest BCUT2D eigenvalue weighted by Gasteiger charge is 2.13. The minimum atomic E-state index is -1.03. The number of nitrogens with one attached hydrogen (secondary N) is 1. The number of aromatic carboxylic acids is 1. The van der Waals surface area contributed by atoms with Crippen molar-refractivity contribution in [2.75, 3.05) is 0 Å². The number of rotatable bonds is 6. The molecule has 1 atom stereocenters. The lowest BCUT2D eigenvalue weighted by Gasteiger charge is -2.15. The van der Waals surface area contributed by atoms with Gasteiger partial charge in [0.2, 0.25) is 0 Å². The van der Waals surface area contributed by atoms with Crippen LogP contribution >= 0.6 is 0 Å². The first-order valence-electron chi connectivity index (χ1n) is 7.63. The van der Waals surface area contributed by atoms with Crippen molar-refractivity contribution in [3.05, 3.63) is 58.9 Å². The Morgan fingerprint density at radius 2 is 1.96 bits per heavy atom. The van der Waals surface area contributed by atoms with E-state index in [1.807, 2.05) is 26.2 Å². The van der Waals surface area contributed by atoms with Gasteiger partial charge in [0.1, 0.15) is 0 Å². The predicted octanol–water partition coefficient (Wildman–Crippen LogP) is 2.78. The summed E-state index contributed by atoms with van der Waals surface area (Å²) in [5, 5.41) is 12.0. The van der Waals surface area contributed by atoms with Gasteiger partial charge in [-0.15, -0.1) is 0 Å². The maximum absolute atomic E-state index is 12.3. The highest BCUT2D eigenvalue weighted by Crippen LogP contribution is 2.11. The minimum Gasteiger partial charge on any atom is -0.478 e. The van der Waals surface area contributed by atoms with Crippen LogP contribution in [0.25, 0.3) is 0 Å². The first-order chi connectivity index (χ1) is 10.9. The number of carboxylic acids is 1. The second-order valence-corrected chi connectivity index (χ2v) is 5.92. The molecule has 0 fully saturated rings. The van der Waals surface area contributed by atoms with Gasteiger partial charge in [-0.3, -0.25) is 4.79 Å². The normalized spacial score (nSPS) is 12.0. The van der Waals surface area contributed by atoms with Crippen LogP contribution in [0, 0.1) is 6.92 Å². The lowest BCUT2D eigenvalue weighted by atomic mass is 10.0. The fourth-order valence-corrected chi connectivity index (χ4v) is 2.54. The first kappa shape index (κ1) is 16.8. The van der Waals surface area contributed by atoms with Crippen LogP contribution in [-0.2, 0) is 13.5 Å². The van der Waals surface area contributed by atoms with Crippen molar-refractivity contribution in [2.24, 2.45) is 7.05 Å². The van der Waals surface area contributed by atoms with E-state index in [1.165, 1.54) is 11.8 Å². The smallest absolute Gasteiger partial charge is 0.335 e. The van der Waals surface area contributed by atoms with Crippen molar-refractivity contribution in [1.82, 2.24) is 9.88 Å². The van der Waals surface area contributed by atoms with Gasteiger partial charge in [0, 0.05) is 30.5 Å². The summed E-state index contributed by atoms with van der Waals surface area (Å²) in [4.78, 5) is 23.4. The Morgan fingerprint density at radius 1 is 1.26 bits per heavy atom. The number of nitrogens with zero attached hydrogens (tertiary/aromatic N) is 1. The monoisotopic (exact) mass is 314 g/mol. The summed E-state index contributed by atoms with van der Waals surface area (Å²) in [5.74, 6) is -1.27. The number of aryl methyl sites for hydroxylation is 3. The Kier molecular flexibility index (Phi) is 5.21. The van der Waals surface area contributed by atoms with E-state index in [0.717, 1.165) is 18.4 Å². The van der Waals surface area contributed by atoms with Crippen molar-refractivity contribution < 1.29 is 14.7 Å². The molecule has 5 heteroatoms. The standard InChI is InChI=1S/C18H22N2O3/c1-12-9-14(11-15(10-12)18(22)23)17(21)19-13(2)6-7-16-5-4-8-20(16)3/h4-5,8-11,13H,6-7H2,1-3H3,(H,19,21)(H,22,23). The van der Waals surface area contributed by atoms with E-state index < -0.39 is 5.97 Å². The van der Waals surface area contributed by atoms with Crippen LogP contribution in [0.3, 0.4) is 0 Å². The molecule has 0 saturated carbocycles. The number of hydrogen-bond donors (Lipinski definition) is 2. The number of carbonyl (C=O) groups is 2. The van der Waals surface area contributed by atoms with Crippen molar-refractivity contribution in [1.29, 1.82) is 0 Å². The average Bonchev–Trinajstić information content (AvgIpc) is 2.89. The van der Waals surface area contributed by atoms with Crippen molar-refractivity contribution >= 4 is 11.9 Å². The van der Waals surface area contributed by atoms with Crippen LogP contribution in [-0.4, -0.2) is 27.6 Å². The molecule has 2 rings (SSSR count). The molecule has 0 saturated heterocycles. The minimum absolute atomic E-state index is 0.00573. The number of carboxylic acid groups (broad SMARTS) is 1. The van der Waals surface area contributed by atoms with Gasteiger partial charge in [-0.25, -0.2) is 4.79 Å². The van der Waals surface area contributed by atoms with Gasteiger partial charge in [-0.05, 0) is 62.6 Å². The van der Waals surface area contributed by atoms with E-state index >= 15 is 0 Å². The summed E-state index contributed by atoms with van der Waals surface area (Å²) in [6.07, 6.45) is 3.69. The Balaban J connectivity index is 1.98. The molecule has 1 amide bonds. The van der Waals surface area contributed by atoms with E-state index in [1.54, 1.807) is 19.1 Å². The Labute approximate surface area is 135 Å². The first-order valence-corrected chi connectivity index (χ1v) is 7.63. The Morgan fingerprint density at radius 3 is 2.57 bits per heavy atom. The largest absolute Gasteiger partial charge is 0.478 e. The molecular weight excluding hydrogens is 292 g/mol. The molecule has 0 aliphatic carbocycles. The molecule has 1 unspecified atom stereocenters. The van der Waals surface area contributed by atoms with Gasteiger partial charge in [0.15, 0.2) is 0 Å². The fourth-order valence-electron chi connectivity index (χ4n) is 2.54. The van der Waals surface area contributed by atoms with E-state index in [2.05, 4.69) is 16.0 Å². The van der Waals surface area contributed by atoms with Crippen LogP contribution in [0.1, 0.15) is 45.3 Å². The Bertz CT molecular complexity index is 719. The van der Waals surface area contributed by atoms with Gasteiger partial charge < -0.3 is 15.0 Å². The zero-order valence-electron chi connectivity index (χ0n) is 13.7. The third-order valence-electron chi connectivity index (χ3n) is 3.85. The molecule has 0 radical (unpaired) electrons. The summed E-state index contributed by atoms with van der Waals surface area (Å²) >= 11 is 0. The molecule has 0 spiro atoms. The highest BCUT2D eigenvalue weighted by molar-refractivity contribution is 5.97. The predicted molar refractivity (Wildman–Crippen MR) is 88.8 cm³/mol. The number of amides is 1. The van der Waals surface area contributed by atoms with E-state index in [0.29, 0.717) is 5.56 Å². The molecule has 2 N–H and O–H groups in total. The summed E-state index contributed by atoms with van der Waals surface area (Å²) in [5.41, 5.74) is 2.49. The van der Waals surface area contributed by atoms with E-state index in [-0.39, 0.29) is 17.5 Å². The molecule has 2 aromatic rings. The second kappa shape index (κ2) is 7.13. The van der Waals surface area contributed by atoms with Gasteiger partial charge in [0.25, 0.3) is 5.91 Å². The summed E-state index contributed by atoms with van der Waals surface area (Å²) < 4.78 is 2.06. The zero-order chi connectivity index (χ0) is 17.0. The molecule has 1 aromatic heterocycles. The zero-order valence-corrected chi connectivity index (χ0v) is 13.7. The summed E-state index contributed by atoms with van der Waals surface area (Å²) in [7, 11) is 2.00. The highest BCUT2D eigenvalue weighted by atomic mass is 16.4. The van der Waals surface area contributed by atoms with Crippen LogP contribution in [0.5, 0.6) is 0 Å². The van der Waals surface area contributed by atoms with E-state index in [9.17, 15) is 9.59 Å². The molecule has 1 heterocycles. The van der Waals surface area contributed by atoms with Crippen molar-refractivity contribution in [2.45, 2.75) is 32.7 Å². The van der Waals surface area contributed by atoms with Crippen molar-refractivity contribution in [3.8, 4) is 0 Å². The van der Waals surface area contributed by atoms with Crippen LogP contribution < -0.4 is 5.32 Å². The third kappa shape index (κ3) is 4.45. The number of hydrogen-bond acceptors (Lipinski definition) is 2. The average molecular weight is 314 g/mol. The van der Waals surface area contributed by atoms with Gasteiger partial charge in [-0.2, -0.15) is 0 Å². The maximum Gasteiger partial charge on any atom is 0.335 e. The molecule has 0 aliphatic heterocycles. The van der Waals surface area contributed by atoms with Crippen molar-refractivity contribution in [3.63, 3.8) is 0 Å². The van der Waals surface area contributed by atoms with Gasteiger partial charge in [0.05, 0.1) is 5.56 Å². The molecule has 5 nitrogen and oxygen atoms in total. The third-order valence-corrected chi connectivity index (χ3v) is 3.85. The topological polar surface area (TPSA) is 71.3 Å². The number of benzene rings is 1.